The van der Waals surface area contributed by atoms with Crippen molar-refractivity contribution in [3.63, 3.8) is 0 Å². The third kappa shape index (κ3) is 5.16. The first kappa shape index (κ1) is 23.3. The summed E-state index contributed by atoms with van der Waals surface area (Å²) in [5.41, 5.74) is 0. The van der Waals surface area contributed by atoms with Crippen LogP contribution in [0.25, 0.3) is 0 Å². The normalized spacial score (nSPS) is 44.3. The Hall–Kier alpha value is -0.930. The van der Waals surface area contributed by atoms with E-state index in [2.05, 4.69) is 0 Å². The van der Waals surface area contributed by atoms with Crippen LogP contribution >= 0.6 is 0 Å². The number of aliphatic hydroxyl groups excluding tert-OH is 7. The second-order valence-corrected chi connectivity index (χ2v) is 6.78. The van der Waals surface area contributed by atoms with E-state index in [0.29, 0.717) is 6.42 Å². The molecule has 28 heavy (non-hydrogen) atoms. The Labute approximate surface area is 160 Å². The molecule has 0 aromatic carbocycles. The minimum Gasteiger partial charge on any atom is -0.463 e. The number of rotatable bonds is 7. The highest BCUT2D eigenvalue weighted by Gasteiger charge is 2.49. The zero-order valence-corrected chi connectivity index (χ0v) is 15.3. The maximum Gasteiger partial charge on any atom is 0.305 e. The summed E-state index contributed by atoms with van der Waals surface area (Å²) < 4.78 is 20.7. The second-order valence-electron chi connectivity index (χ2n) is 6.78. The van der Waals surface area contributed by atoms with Gasteiger partial charge >= 0.3 is 5.97 Å². The molecule has 164 valence electrons. The molecule has 0 aromatic heterocycles. The average Bonchev–Trinajstić information content (AvgIpc) is 2.67. The molecule has 0 aliphatic carbocycles. The first-order chi connectivity index (χ1) is 13.2. The lowest BCUT2D eigenvalue weighted by atomic mass is 9.98. The molecule has 0 spiro atoms. The van der Waals surface area contributed by atoms with E-state index in [1.807, 2.05) is 0 Å². The van der Waals surface area contributed by atoms with Gasteiger partial charge in [0, 0.05) is 6.42 Å². The Morgan fingerprint density at radius 2 is 1.32 bits per heavy atom. The highest BCUT2D eigenvalue weighted by atomic mass is 16.8. The molecule has 0 radical (unpaired) electrons. The van der Waals surface area contributed by atoms with Crippen molar-refractivity contribution in [3.8, 4) is 0 Å². The topological polar surface area (TPSA) is 196 Å². The molecular weight excluding hydrogens is 384 g/mol. The largest absolute Gasteiger partial charge is 0.463 e. The Bertz CT molecular complexity index is 502. The van der Waals surface area contributed by atoms with Gasteiger partial charge in [0.05, 0.1) is 6.61 Å². The fourth-order valence-electron chi connectivity index (χ4n) is 2.93. The lowest BCUT2D eigenvalue weighted by molar-refractivity contribution is -0.376. The number of carbonyl (C=O) groups is 1. The Morgan fingerprint density at radius 3 is 1.82 bits per heavy atom. The van der Waals surface area contributed by atoms with Crippen molar-refractivity contribution < 1.29 is 59.5 Å². The molecule has 12 heteroatoms. The lowest BCUT2D eigenvalue weighted by Crippen LogP contribution is -2.63. The Morgan fingerprint density at radius 1 is 0.821 bits per heavy atom. The van der Waals surface area contributed by atoms with Crippen LogP contribution in [0.3, 0.4) is 0 Å². The smallest absolute Gasteiger partial charge is 0.305 e. The maximum atomic E-state index is 11.5. The number of aliphatic hydroxyl groups is 7. The van der Waals surface area contributed by atoms with E-state index in [-0.39, 0.29) is 6.42 Å². The molecule has 2 aliphatic rings. The van der Waals surface area contributed by atoms with Crippen LogP contribution in [-0.2, 0) is 23.7 Å². The fraction of sp³-hybridized carbons (Fsp3) is 0.938. The molecule has 12 nitrogen and oxygen atoms in total. The van der Waals surface area contributed by atoms with Crippen molar-refractivity contribution in [2.45, 2.75) is 81.2 Å². The first-order valence-corrected chi connectivity index (χ1v) is 9.02. The minimum absolute atomic E-state index is 0.152. The molecule has 0 unspecified atom stereocenters. The van der Waals surface area contributed by atoms with Gasteiger partial charge in [-0.2, -0.15) is 0 Å². The van der Waals surface area contributed by atoms with Crippen molar-refractivity contribution in [2.24, 2.45) is 0 Å². The third-order valence-electron chi connectivity index (χ3n) is 4.65. The van der Waals surface area contributed by atoms with Crippen molar-refractivity contribution >= 4 is 5.97 Å². The molecule has 2 heterocycles. The SMILES string of the molecule is CCCC(=O)OC[C@H]1O[C@H](O[C@H]2O[C@H](CO)[C@@H](O)[C@H](O)[C@H]2O)[C@H](O)[C@@H](O)[C@@H]1O. The Balaban J connectivity index is 2.03. The summed E-state index contributed by atoms with van der Waals surface area (Å²) in [7, 11) is 0. The van der Waals surface area contributed by atoms with E-state index in [9.17, 15) is 40.5 Å². The number of hydrogen-bond donors (Lipinski definition) is 7. The molecule has 0 amide bonds. The quantitative estimate of drug-likeness (QED) is 0.200. The van der Waals surface area contributed by atoms with Crippen LogP contribution < -0.4 is 0 Å². The summed E-state index contributed by atoms with van der Waals surface area (Å²) in [5, 5.41) is 68.8. The second kappa shape index (κ2) is 10.2. The lowest BCUT2D eigenvalue weighted by Gasteiger charge is -2.44. The highest BCUT2D eigenvalue weighted by Crippen LogP contribution is 2.28. The molecule has 0 bridgehead atoms. The van der Waals surface area contributed by atoms with Crippen LogP contribution in [0.1, 0.15) is 19.8 Å². The van der Waals surface area contributed by atoms with Crippen LogP contribution in [0.4, 0.5) is 0 Å². The van der Waals surface area contributed by atoms with Gasteiger partial charge in [-0.15, -0.1) is 0 Å². The van der Waals surface area contributed by atoms with E-state index in [1.165, 1.54) is 0 Å². The van der Waals surface area contributed by atoms with Crippen molar-refractivity contribution in [3.05, 3.63) is 0 Å². The average molecular weight is 412 g/mol. The van der Waals surface area contributed by atoms with Gasteiger partial charge in [0.2, 0.25) is 0 Å². The van der Waals surface area contributed by atoms with Gasteiger partial charge in [0.15, 0.2) is 12.6 Å². The molecule has 2 saturated heterocycles. The zero-order valence-electron chi connectivity index (χ0n) is 15.3. The Kier molecular flexibility index (Phi) is 8.51. The standard InChI is InChI=1S/C16H28O12/c1-2-3-8(18)25-5-7-10(20)12(22)14(24)16(27-7)28-15-13(23)11(21)9(19)6(4-17)26-15/h6-7,9-17,19-24H,2-5H2,1H3/t6-,7-,9-,10-,11+,12+,13-,14-,15-,16-/m1/s1. The molecule has 7 N–H and O–H groups in total. The third-order valence-corrected chi connectivity index (χ3v) is 4.65. The predicted molar refractivity (Wildman–Crippen MR) is 87.4 cm³/mol. The number of carbonyl (C=O) groups excluding carboxylic acids is 1. The molecule has 2 aliphatic heterocycles. The summed E-state index contributed by atoms with van der Waals surface area (Å²) >= 11 is 0. The summed E-state index contributed by atoms with van der Waals surface area (Å²) in [6.07, 6.45) is -15.2. The molecule has 2 rings (SSSR count). The minimum atomic E-state index is -1.76. The molecule has 0 aromatic rings. The molecule has 2 fully saturated rings. The summed E-state index contributed by atoms with van der Waals surface area (Å²) in [6, 6.07) is 0. The predicted octanol–water partition coefficient (Wildman–Crippen LogP) is -4.05. The van der Waals surface area contributed by atoms with Crippen molar-refractivity contribution in [1.82, 2.24) is 0 Å². The van der Waals surface area contributed by atoms with Crippen LogP contribution in [-0.4, -0.2) is 116 Å². The van der Waals surface area contributed by atoms with E-state index in [4.69, 9.17) is 18.9 Å². The molecule has 10 atom stereocenters. The zero-order chi connectivity index (χ0) is 21.0. The summed E-state index contributed by atoms with van der Waals surface area (Å²) in [5.74, 6) is -0.537. The van der Waals surface area contributed by atoms with Gasteiger partial charge in [-0.25, -0.2) is 0 Å². The number of hydrogen-bond acceptors (Lipinski definition) is 12. The van der Waals surface area contributed by atoms with Crippen LogP contribution in [0.2, 0.25) is 0 Å². The summed E-state index contributed by atoms with van der Waals surface area (Å²) in [4.78, 5) is 11.5. The maximum absolute atomic E-state index is 11.5. The van der Waals surface area contributed by atoms with Crippen molar-refractivity contribution in [2.75, 3.05) is 13.2 Å². The number of esters is 1. The van der Waals surface area contributed by atoms with Crippen LogP contribution in [0.15, 0.2) is 0 Å². The van der Waals surface area contributed by atoms with E-state index in [0.717, 1.165) is 0 Å². The fourth-order valence-corrected chi connectivity index (χ4v) is 2.93. The molecular formula is C16H28O12. The van der Waals surface area contributed by atoms with Gasteiger partial charge in [-0.05, 0) is 6.42 Å². The van der Waals surface area contributed by atoms with Crippen molar-refractivity contribution in [1.29, 1.82) is 0 Å². The van der Waals surface area contributed by atoms with Gasteiger partial charge in [-0.1, -0.05) is 6.92 Å². The van der Waals surface area contributed by atoms with E-state index in [1.54, 1.807) is 6.92 Å². The van der Waals surface area contributed by atoms with Crippen LogP contribution in [0, 0.1) is 0 Å². The van der Waals surface area contributed by atoms with E-state index >= 15 is 0 Å². The van der Waals surface area contributed by atoms with Gasteiger partial charge in [-0.3, -0.25) is 4.79 Å². The van der Waals surface area contributed by atoms with Gasteiger partial charge in [0.25, 0.3) is 0 Å². The van der Waals surface area contributed by atoms with E-state index < -0.39 is 80.6 Å². The number of ether oxygens (including phenoxy) is 4. The van der Waals surface area contributed by atoms with Gasteiger partial charge in [0.1, 0.15) is 55.4 Å². The highest BCUT2D eigenvalue weighted by molar-refractivity contribution is 5.69. The monoisotopic (exact) mass is 412 g/mol. The summed E-state index contributed by atoms with van der Waals surface area (Å²) in [6.45, 7) is 0.673. The van der Waals surface area contributed by atoms with Gasteiger partial charge < -0.3 is 54.7 Å². The first-order valence-electron chi connectivity index (χ1n) is 9.02. The van der Waals surface area contributed by atoms with Crippen LogP contribution in [0.5, 0.6) is 0 Å². The molecule has 0 saturated carbocycles.